The van der Waals surface area contributed by atoms with Gasteiger partial charge in [-0.05, 0) is 54.5 Å². The lowest BCUT2D eigenvalue weighted by Gasteiger charge is -2.18. The van der Waals surface area contributed by atoms with Gasteiger partial charge >= 0.3 is 26.6 Å². The fraction of sp³-hybridized carbons (Fsp3) is 0.364. The number of alkyl halides is 6. The second-order valence-electron chi connectivity index (χ2n) is 9.07. The van der Waals surface area contributed by atoms with E-state index < -0.39 is 92.2 Å². The van der Waals surface area contributed by atoms with Crippen molar-refractivity contribution in [3.63, 3.8) is 0 Å². The first-order chi connectivity index (χ1) is 19.8. The predicted octanol–water partition coefficient (Wildman–Crippen LogP) is 0.00540. The van der Waals surface area contributed by atoms with Gasteiger partial charge in [0.2, 0.25) is 5.91 Å². The lowest BCUT2D eigenvalue weighted by atomic mass is 9.79. The number of carbonyl (C=O) groups excluding carboxylic acids is 2. The van der Waals surface area contributed by atoms with Gasteiger partial charge in [-0.2, -0.15) is 31.8 Å². The molecule has 2 rings (SSSR count). The van der Waals surface area contributed by atoms with Crippen molar-refractivity contribution in [2.45, 2.75) is 47.4 Å². The minimum Gasteiger partial charge on any atom is -0.423 e. The number of benzene rings is 2. The van der Waals surface area contributed by atoms with Gasteiger partial charge in [0.05, 0.1) is 27.0 Å². The van der Waals surface area contributed by atoms with Gasteiger partial charge in [-0.1, -0.05) is 21.4 Å². The minimum absolute atomic E-state index is 0.0342. The molecule has 0 heterocycles. The molecule has 1 amide bonds. The highest BCUT2D eigenvalue weighted by Gasteiger charge is 2.36. The average Bonchev–Trinajstić information content (AvgIpc) is 2.91. The highest BCUT2D eigenvalue weighted by molar-refractivity contribution is 7.93. The van der Waals surface area contributed by atoms with Crippen LogP contribution in [0.4, 0.5) is 26.3 Å². The number of halogens is 6. The predicted molar refractivity (Wildman–Crippen MR) is 145 cm³/mol. The van der Waals surface area contributed by atoms with E-state index in [0.29, 0.717) is 30.7 Å². The van der Waals surface area contributed by atoms with E-state index in [4.69, 9.17) is 5.21 Å². The quantitative estimate of drug-likeness (QED) is 0.0511. The zero-order valence-electron chi connectivity index (χ0n) is 21.9. The van der Waals surface area contributed by atoms with Crippen LogP contribution in [-0.2, 0) is 31.7 Å². The summed E-state index contributed by atoms with van der Waals surface area (Å²) in [4.78, 5) is 21.8. The summed E-state index contributed by atoms with van der Waals surface area (Å²) in [6, 6.07) is 1.43. The number of rotatable bonds is 13. The van der Waals surface area contributed by atoms with Gasteiger partial charge in [-0.25, -0.2) is 8.57 Å². The van der Waals surface area contributed by atoms with Crippen LogP contribution < -0.4 is 21.7 Å². The molecule has 0 aliphatic carbocycles. The summed E-state index contributed by atoms with van der Waals surface area (Å²) < 4.78 is 99.7. The molecule has 0 spiro atoms. The molecule has 21 heteroatoms. The second kappa shape index (κ2) is 14.9. The molecule has 0 aliphatic rings. The molecular formula is C22H26B2F6N3O8PS. The zero-order chi connectivity index (χ0) is 32.8. The Morgan fingerprint density at radius 2 is 1.33 bits per heavy atom. The summed E-state index contributed by atoms with van der Waals surface area (Å²) in [7, 11) is -7.82. The lowest BCUT2D eigenvalue weighted by Crippen LogP contribution is -2.33. The first-order valence-corrected chi connectivity index (χ1v) is 14.2. The number of unbranched alkanes of at least 4 members (excludes halogenated alkanes) is 1. The fourth-order valence-corrected chi connectivity index (χ4v) is 5.93. The summed E-state index contributed by atoms with van der Waals surface area (Å²) in [5, 5.41) is 49.4. The van der Waals surface area contributed by atoms with Gasteiger partial charge in [0, 0.05) is 6.54 Å². The van der Waals surface area contributed by atoms with E-state index in [1.807, 2.05) is 14.7 Å². The van der Waals surface area contributed by atoms with E-state index in [9.17, 15) is 60.2 Å². The molecule has 2 aromatic rings. The topological polar surface area (TPSA) is 189 Å². The van der Waals surface area contributed by atoms with Gasteiger partial charge in [-0.3, -0.25) is 9.59 Å². The van der Waals surface area contributed by atoms with Crippen molar-refractivity contribution in [3.05, 3.63) is 47.5 Å². The summed E-state index contributed by atoms with van der Waals surface area (Å²) in [6.45, 7) is -1.09. The third kappa shape index (κ3) is 10.2. The lowest BCUT2D eigenvalue weighted by molar-refractivity contribution is -0.138. The van der Waals surface area contributed by atoms with Crippen LogP contribution in [0.25, 0.3) is 0 Å². The molecule has 0 aromatic heterocycles. The average molecular weight is 659 g/mol. The molecular weight excluding hydrogens is 633 g/mol. The Labute approximate surface area is 244 Å². The number of hydroxylamine groups is 1. The van der Waals surface area contributed by atoms with E-state index in [1.165, 1.54) is 0 Å². The molecule has 236 valence electrons. The molecule has 0 aliphatic heterocycles. The smallest absolute Gasteiger partial charge is 0.423 e. The molecule has 43 heavy (non-hydrogen) atoms. The van der Waals surface area contributed by atoms with Crippen molar-refractivity contribution >= 4 is 55.6 Å². The van der Waals surface area contributed by atoms with Crippen molar-refractivity contribution in [2.75, 3.05) is 13.1 Å². The van der Waals surface area contributed by atoms with E-state index in [-0.39, 0.29) is 31.5 Å². The Morgan fingerprint density at radius 1 is 0.860 bits per heavy atom. The van der Waals surface area contributed by atoms with Crippen molar-refractivity contribution in [1.29, 1.82) is 0 Å². The first-order valence-electron chi connectivity index (χ1n) is 12.1. The van der Waals surface area contributed by atoms with Gasteiger partial charge in [0.1, 0.15) is 16.3 Å². The maximum atomic E-state index is 14.3. The maximum Gasteiger partial charge on any atom is 0.488 e. The van der Waals surface area contributed by atoms with E-state index in [1.54, 1.807) is 0 Å². The molecule has 0 saturated carbocycles. The van der Waals surface area contributed by atoms with Crippen LogP contribution in [0.15, 0.2) is 50.6 Å². The Morgan fingerprint density at radius 3 is 1.70 bits per heavy atom. The minimum atomic E-state index is -5.15. The van der Waals surface area contributed by atoms with Crippen LogP contribution in [-0.4, -0.2) is 74.3 Å². The monoisotopic (exact) mass is 659 g/mol. The Kier molecular flexibility index (Phi) is 12.7. The molecule has 0 bridgehead atoms. The number of hydrogen-bond acceptors (Lipinski definition) is 10. The number of amides is 1. The maximum absolute atomic E-state index is 14.3. The third-order valence-electron chi connectivity index (χ3n) is 5.88. The van der Waals surface area contributed by atoms with Gasteiger partial charge < -0.3 is 30.6 Å². The summed E-state index contributed by atoms with van der Waals surface area (Å²) in [5.41, 5.74) is -3.41. The number of hydrogen-bond donors (Lipinski definition) is 7. The van der Waals surface area contributed by atoms with Crippen LogP contribution >= 0.6 is 9.24 Å². The molecule has 0 saturated heterocycles. The molecule has 2 atom stereocenters. The normalized spacial score (nSPS) is 12.9. The van der Waals surface area contributed by atoms with Gasteiger partial charge in [-0.15, -0.1) is 0 Å². The largest absolute Gasteiger partial charge is 0.488 e. The van der Waals surface area contributed by atoms with E-state index in [2.05, 4.69) is 9.68 Å². The van der Waals surface area contributed by atoms with Crippen LogP contribution in [0.3, 0.4) is 0 Å². The first kappa shape index (κ1) is 36.6. The van der Waals surface area contributed by atoms with Crippen LogP contribution in [0.2, 0.25) is 0 Å². The molecule has 1 unspecified atom stereocenters. The zero-order valence-corrected chi connectivity index (χ0v) is 23.9. The van der Waals surface area contributed by atoms with E-state index >= 15 is 0 Å². The Hall–Kier alpha value is -2.57. The van der Waals surface area contributed by atoms with Gasteiger partial charge in [0.15, 0.2) is 5.52 Å². The van der Waals surface area contributed by atoms with Crippen molar-refractivity contribution in [2.24, 2.45) is 4.36 Å². The number of nitrogens with zero attached hydrogens (tertiary/aromatic N) is 1. The molecule has 7 N–H and O–H groups in total. The number of nitrogens with one attached hydrogen (secondary N) is 2. The summed E-state index contributed by atoms with van der Waals surface area (Å²) in [6.07, 6.45) is -9.50. The van der Waals surface area contributed by atoms with Crippen LogP contribution in [0, 0.1) is 0 Å². The fourth-order valence-electron chi connectivity index (χ4n) is 3.65. The van der Waals surface area contributed by atoms with Crippen molar-refractivity contribution in [1.82, 2.24) is 10.8 Å². The third-order valence-corrected chi connectivity index (χ3v) is 8.52. The Bertz CT molecular complexity index is 1360. The summed E-state index contributed by atoms with van der Waals surface area (Å²) >= 11 is 0. The Balaban J connectivity index is 2.60. The molecule has 11 nitrogen and oxygen atoms in total. The highest BCUT2D eigenvalue weighted by Crippen LogP contribution is 2.35. The molecule has 0 fully saturated rings. The number of carbonyl (C=O) groups is 2. The highest BCUT2D eigenvalue weighted by atomic mass is 32.2. The van der Waals surface area contributed by atoms with Crippen molar-refractivity contribution in [3.8, 4) is 0 Å². The molecule has 0 radical (unpaired) electrons. The van der Waals surface area contributed by atoms with Crippen LogP contribution in [0.5, 0.6) is 0 Å². The van der Waals surface area contributed by atoms with Crippen molar-refractivity contribution < 1.29 is 65.4 Å². The van der Waals surface area contributed by atoms with E-state index in [0.717, 1.165) is 0 Å². The summed E-state index contributed by atoms with van der Waals surface area (Å²) in [5.74, 6) is -0.949. The second-order valence-corrected chi connectivity index (χ2v) is 11.9. The van der Waals surface area contributed by atoms with Crippen LogP contribution in [0.1, 0.15) is 30.4 Å². The standard InChI is InChI=1S/C22H26B2F6N3O8PS/c25-21(26,27)12-5-14(23(36)37)9-16(7-12)43(41,17-8-13(22(28,29)30)6-15(10-17)24(38)39)32-11-19(34)31-4-2-1-3-18(33-40)20(35)42/h5-10,18,33,36-40H,1-4,11,42H2,(H,31,34)/t18-/m0/s1. The van der Waals surface area contributed by atoms with Gasteiger partial charge in [0.25, 0.3) is 0 Å². The molecule has 2 aromatic carbocycles. The SMILES string of the molecule is O=C(CN=S(=O)(c1cc(B(O)O)cc(C(F)(F)F)c1)c1cc(B(O)O)cc(C(F)(F)F)c1)NCCCC[C@H](NO)C(=O)P.